The van der Waals surface area contributed by atoms with Gasteiger partial charge in [-0.05, 0) is 61.0 Å². The third-order valence-electron chi connectivity index (χ3n) is 5.71. The van der Waals surface area contributed by atoms with Crippen LogP contribution in [0.25, 0.3) is 49.8 Å². The fraction of sp³-hybridized carbons (Fsp3) is 0.0800. The monoisotopic (exact) mass is 405 g/mol. The predicted octanol–water partition coefficient (Wildman–Crippen LogP) is 5.43. The molecule has 0 aliphatic heterocycles. The van der Waals surface area contributed by atoms with Gasteiger partial charge >= 0.3 is 0 Å². The van der Waals surface area contributed by atoms with Crippen LogP contribution in [0.4, 0.5) is 0 Å². The second kappa shape index (κ2) is 6.67. The Morgan fingerprint density at radius 3 is 2.58 bits per heavy atom. The van der Waals surface area contributed by atoms with Gasteiger partial charge < -0.3 is 9.72 Å². The number of H-pyrrole nitrogens is 1. The van der Waals surface area contributed by atoms with E-state index >= 15 is 0 Å². The first-order valence-electron chi connectivity index (χ1n) is 10.1. The van der Waals surface area contributed by atoms with E-state index in [-0.39, 0.29) is 0 Å². The van der Waals surface area contributed by atoms with Crippen LogP contribution in [0, 0.1) is 6.92 Å². The molecule has 6 aromatic rings. The first-order valence-corrected chi connectivity index (χ1v) is 10.1. The molecule has 31 heavy (non-hydrogen) atoms. The Bertz CT molecular complexity index is 1580. The van der Waals surface area contributed by atoms with Gasteiger partial charge in [0.15, 0.2) is 0 Å². The van der Waals surface area contributed by atoms with Crippen molar-refractivity contribution < 1.29 is 4.74 Å². The quantitative estimate of drug-likeness (QED) is 0.426. The summed E-state index contributed by atoms with van der Waals surface area (Å²) in [7, 11) is 1.67. The molecule has 0 aliphatic carbocycles. The summed E-state index contributed by atoms with van der Waals surface area (Å²) in [6.45, 7) is 2.02. The number of pyridine rings is 2. The molecule has 0 unspecified atom stereocenters. The van der Waals surface area contributed by atoms with Gasteiger partial charge in [-0.2, -0.15) is 0 Å². The minimum Gasteiger partial charge on any atom is -0.497 e. The van der Waals surface area contributed by atoms with Crippen molar-refractivity contribution in [3.8, 4) is 22.6 Å². The van der Waals surface area contributed by atoms with Crippen LogP contribution in [0.3, 0.4) is 0 Å². The van der Waals surface area contributed by atoms with Gasteiger partial charge in [-0.15, -0.1) is 0 Å². The summed E-state index contributed by atoms with van der Waals surface area (Å²) < 4.78 is 7.50. The van der Waals surface area contributed by atoms with Gasteiger partial charge in [0.1, 0.15) is 22.7 Å². The third-order valence-corrected chi connectivity index (χ3v) is 5.71. The second-order valence-corrected chi connectivity index (χ2v) is 7.56. The van der Waals surface area contributed by atoms with E-state index in [2.05, 4.69) is 43.8 Å². The molecule has 0 aliphatic rings. The van der Waals surface area contributed by atoms with Crippen LogP contribution in [0.2, 0.25) is 0 Å². The Labute approximate surface area is 178 Å². The molecule has 150 valence electrons. The highest BCUT2D eigenvalue weighted by Gasteiger charge is 2.14. The number of aromatic amines is 1. The zero-order valence-corrected chi connectivity index (χ0v) is 17.1. The molecule has 6 heteroatoms. The summed E-state index contributed by atoms with van der Waals surface area (Å²) >= 11 is 0. The molecule has 2 aromatic carbocycles. The van der Waals surface area contributed by atoms with Crippen molar-refractivity contribution in [3.63, 3.8) is 0 Å². The van der Waals surface area contributed by atoms with Gasteiger partial charge in [-0.1, -0.05) is 6.07 Å². The van der Waals surface area contributed by atoms with Crippen molar-refractivity contribution >= 4 is 33.0 Å². The molecule has 1 N–H and O–H groups in total. The van der Waals surface area contributed by atoms with E-state index in [1.165, 1.54) is 0 Å². The lowest BCUT2D eigenvalue weighted by atomic mass is 10.0. The van der Waals surface area contributed by atoms with Crippen LogP contribution < -0.4 is 4.74 Å². The van der Waals surface area contributed by atoms with Crippen molar-refractivity contribution in [1.82, 2.24) is 24.5 Å². The zero-order valence-electron chi connectivity index (χ0n) is 17.1. The summed E-state index contributed by atoms with van der Waals surface area (Å²) in [6.07, 6.45) is 5.66. The molecule has 0 saturated heterocycles. The van der Waals surface area contributed by atoms with E-state index in [9.17, 15) is 0 Å². The first-order chi connectivity index (χ1) is 15.2. The van der Waals surface area contributed by atoms with Gasteiger partial charge in [0, 0.05) is 34.4 Å². The number of ether oxygens (including phenoxy) is 1. The standard InChI is InChI=1S/C25H19N5O/c1-15-29-23-14-27-22-8-3-16(18-11-17-9-10-26-25(17)28-13-18)12-21(22)24(23)30(15)19-4-6-20(31-2)7-5-19/h3-14H,1-2H3,(H,26,28). The van der Waals surface area contributed by atoms with E-state index in [1.807, 2.05) is 55.8 Å². The zero-order chi connectivity index (χ0) is 20.9. The number of hydrogen-bond donors (Lipinski definition) is 1. The molecular weight excluding hydrogens is 386 g/mol. The van der Waals surface area contributed by atoms with Crippen molar-refractivity contribution in [2.24, 2.45) is 0 Å². The number of methoxy groups -OCH3 is 1. The molecule has 0 saturated carbocycles. The Morgan fingerprint density at radius 2 is 1.74 bits per heavy atom. The highest BCUT2D eigenvalue weighted by atomic mass is 16.5. The normalized spacial score (nSPS) is 11.5. The average Bonchev–Trinajstić information content (AvgIpc) is 3.42. The number of nitrogens with one attached hydrogen (secondary N) is 1. The molecule has 0 spiro atoms. The third kappa shape index (κ3) is 2.76. The summed E-state index contributed by atoms with van der Waals surface area (Å²) in [4.78, 5) is 17.1. The minimum atomic E-state index is 0.826. The number of rotatable bonds is 3. The predicted molar refractivity (Wildman–Crippen MR) is 123 cm³/mol. The van der Waals surface area contributed by atoms with Crippen LogP contribution in [0.1, 0.15) is 5.82 Å². The molecule has 0 bridgehead atoms. The lowest BCUT2D eigenvalue weighted by Crippen LogP contribution is -1.98. The average molecular weight is 405 g/mol. The number of aromatic nitrogens is 5. The van der Waals surface area contributed by atoms with Crippen LogP contribution >= 0.6 is 0 Å². The van der Waals surface area contributed by atoms with Crippen LogP contribution in [0.5, 0.6) is 5.75 Å². The Balaban J connectivity index is 1.61. The minimum absolute atomic E-state index is 0.826. The van der Waals surface area contributed by atoms with E-state index < -0.39 is 0 Å². The van der Waals surface area contributed by atoms with Crippen LogP contribution in [-0.4, -0.2) is 31.6 Å². The van der Waals surface area contributed by atoms with E-state index in [4.69, 9.17) is 9.72 Å². The lowest BCUT2D eigenvalue weighted by Gasteiger charge is -2.10. The summed E-state index contributed by atoms with van der Waals surface area (Å²) in [5, 5.41) is 2.15. The topological polar surface area (TPSA) is 68.6 Å². The summed E-state index contributed by atoms with van der Waals surface area (Å²) in [5.74, 6) is 1.74. The molecule has 0 fully saturated rings. The number of aryl methyl sites for hydroxylation is 1. The number of imidazole rings is 1. The highest BCUT2D eigenvalue weighted by Crippen LogP contribution is 2.32. The fourth-order valence-corrected chi connectivity index (χ4v) is 4.20. The molecule has 4 aromatic heterocycles. The lowest BCUT2D eigenvalue weighted by molar-refractivity contribution is 0.415. The maximum absolute atomic E-state index is 5.32. The van der Waals surface area contributed by atoms with Crippen molar-refractivity contribution in [2.75, 3.05) is 7.11 Å². The van der Waals surface area contributed by atoms with Gasteiger partial charge in [-0.25, -0.2) is 9.97 Å². The SMILES string of the molecule is COc1ccc(-n2c(C)nc3cnc4ccc(-c5cnc6[nH]ccc6c5)cc4c32)cc1. The summed E-state index contributed by atoms with van der Waals surface area (Å²) in [5.41, 5.74) is 6.94. The number of fused-ring (bicyclic) bond motifs is 4. The van der Waals surface area contributed by atoms with Gasteiger partial charge in [0.2, 0.25) is 0 Å². The molecule has 0 radical (unpaired) electrons. The van der Waals surface area contributed by atoms with Gasteiger partial charge in [0.25, 0.3) is 0 Å². The molecule has 0 atom stereocenters. The second-order valence-electron chi connectivity index (χ2n) is 7.56. The molecular formula is C25H19N5O. The van der Waals surface area contributed by atoms with Crippen LogP contribution in [-0.2, 0) is 0 Å². The Hall–Kier alpha value is -4.19. The van der Waals surface area contributed by atoms with Crippen LogP contribution in [0.15, 0.2) is 73.2 Å². The fourth-order valence-electron chi connectivity index (χ4n) is 4.20. The molecule has 4 heterocycles. The Kier molecular flexibility index (Phi) is 3.80. The Morgan fingerprint density at radius 1 is 0.871 bits per heavy atom. The molecule has 6 rings (SSSR count). The maximum Gasteiger partial charge on any atom is 0.137 e. The summed E-state index contributed by atoms with van der Waals surface area (Å²) in [6, 6.07) is 18.6. The van der Waals surface area contributed by atoms with E-state index in [0.717, 1.165) is 61.4 Å². The first kappa shape index (κ1) is 17.7. The van der Waals surface area contributed by atoms with Crippen molar-refractivity contribution in [1.29, 1.82) is 0 Å². The van der Waals surface area contributed by atoms with Crippen molar-refractivity contribution in [2.45, 2.75) is 6.92 Å². The van der Waals surface area contributed by atoms with E-state index in [1.54, 1.807) is 7.11 Å². The number of nitrogens with zero attached hydrogens (tertiary/aromatic N) is 4. The van der Waals surface area contributed by atoms with E-state index in [0.29, 0.717) is 0 Å². The highest BCUT2D eigenvalue weighted by molar-refractivity contribution is 6.04. The smallest absolute Gasteiger partial charge is 0.137 e. The molecule has 6 nitrogen and oxygen atoms in total. The van der Waals surface area contributed by atoms with Crippen molar-refractivity contribution in [3.05, 3.63) is 79.0 Å². The molecule has 0 amide bonds. The van der Waals surface area contributed by atoms with Gasteiger partial charge in [-0.3, -0.25) is 9.55 Å². The largest absolute Gasteiger partial charge is 0.497 e. The maximum atomic E-state index is 5.32. The number of hydrogen-bond acceptors (Lipinski definition) is 4. The van der Waals surface area contributed by atoms with Gasteiger partial charge in [0.05, 0.1) is 24.3 Å². The number of benzene rings is 2.